The zero-order valence-corrected chi connectivity index (χ0v) is 18.0. The monoisotopic (exact) mass is 418 g/mol. The summed E-state index contributed by atoms with van der Waals surface area (Å²) in [7, 11) is 0. The SMILES string of the molecule is CC(C)(C)NC(=O)COC(=O)c1c2c(nc3ccccc13)C(=Cc1ccco1)CCC2. The predicted molar refractivity (Wildman–Crippen MR) is 119 cm³/mol. The highest BCUT2D eigenvalue weighted by atomic mass is 16.5. The van der Waals surface area contributed by atoms with E-state index in [9.17, 15) is 9.59 Å². The second-order valence-corrected chi connectivity index (χ2v) is 8.74. The Morgan fingerprint density at radius 2 is 1.97 bits per heavy atom. The summed E-state index contributed by atoms with van der Waals surface area (Å²) >= 11 is 0. The third-order valence-electron chi connectivity index (χ3n) is 5.08. The molecule has 1 amide bonds. The number of ether oxygens (including phenoxy) is 1. The molecular weight excluding hydrogens is 392 g/mol. The Morgan fingerprint density at radius 3 is 2.71 bits per heavy atom. The lowest BCUT2D eigenvalue weighted by atomic mass is 9.86. The quantitative estimate of drug-likeness (QED) is 0.617. The summed E-state index contributed by atoms with van der Waals surface area (Å²) in [4.78, 5) is 30.2. The molecule has 0 unspecified atom stereocenters. The molecule has 1 N–H and O–H groups in total. The van der Waals surface area contributed by atoms with Crippen molar-refractivity contribution in [3.8, 4) is 0 Å². The van der Waals surface area contributed by atoms with Crippen LogP contribution in [0.3, 0.4) is 0 Å². The average molecular weight is 418 g/mol. The topological polar surface area (TPSA) is 81.4 Å². The van der Waals surface area contributed by atoms with Crippen LogP contribution in [0.2, 0.25) is 0 Å². The first-order valence-corrected chi connectivity index (χ1v) is 10.5. The van der Waals surface area contributed by atoms with Crippen molar-refractivity contribution < 1.29 is 18.7 Å². The van der Waals surface area contributed by atoms with Crippen LogP contribution in [0.25, 0.3) is 22.6 Å². The Morgan fingerprint density at radius 1 is 1.16 bits per heavy atom. The first-order valence-electron chi connectivity index (χ1n) is 10.5. The fourth-order valence-electron chi connectivity index (χ4n) is 3.91. The van der Waals surface area contributed by atoms with Crippen LogP contribution in [0.15, 0.2) is 47.1 Å². The Hall–Kier alpha value is -3.41. The number of nitrogens with zero attached hydrogens (tertiary/aromatic N) is 1. The first-order chi connectivity index (χ1) is 14.8. The van der Waals surface area contributed by atoms with Crippen molar-refractivity contribution in [2.75, 3.05) is 6.61 Å². The molecule has 31 heavy (non-hydrogen) atoms. The van der Waals surface area contributed by atoms with Crippen LogP contribution < -0.4 is 5.32 Å². The van der Waals surface area contributed by atoms with E-state index in [-0.39, 0.29) is 12.5 Å². The van der Waals surface area contributed by atoms with Crippen LogP contribution in [-0.2, 0) is 16.0 Å². The van der Waals surface area contributed by atoms with Gasteiger partial charge in [0.25, 0.3) is 5.91 Å². The molecule has 1 aliphatic carbocycles. The van der Waals surface area contributed by atoms with Gasteiger partial charge in [-0.1, -0.05) is 18.2 Å². The normalized spacial score (nSPS) is 15.0. The van der Waals surface area contributed by atoms with Crippen LogP contribution in [0.4, 0.5) is 0 Å². The number of nitrogens with one attached hydrogen (secondary N) is 1. The largest absolute Gasteiger partial charge is 0.465 e. The number of esters is 1. The Balaban J connectivity index is 1.73. The van der Waals surface area contributed by atoms with Gasteiger partial charge >= 0.3 is 5.97 Å². The summed E-state index contributed by atoms with van der Waals surface area (Å²) in [6, 6.07) is 11.3. The number of amides is 1. The molecule has 4 rings (SSSR count). The molecule has 0 atom stereocenters. The molecular formula is C25H26N2O4. The van der Waals surface area contributed by atoms with Crippen molar-refractivity contribution in [2.24, 2.45) is 0 Å². The maximum atomic E-state index is 13.2. The fraction of sp³-hybridized carbons (Fsp3) is 0.320. The maximum absolute atomic E-state index is 13.2. The molecule has 3 aromatic rings. The number of hydrogen-bond donors (Lipinski definition) is 1. The number of carbonyl (C=O) groups is 2. The van der Waals surface area contributed by atoms with Crippen LogP contribution in [0.1, 0.15) is 61.0 Å². The van der Waals surface area contributed by atoms with Gasteiger partial charge in [0, 0.05) is 10.9 Å². The maximum Gasteiger partial charge on any atom is 0.339 e. The minimum atomic E-state index is -0.502. The summed E-state index contributed by atoms with van der Waals surface area (Å²) in [6.07, 6.45) is 6.08. The predicted octanol–water partition coefficient (Wildman–Crippen LogP) is 4.78. The minimum Gasteiger partial charge on any atom is -0.465 e. The molecule has 6 heteroatoms. The summed E-state index contributed by atoms with van der Waals surface area (Å²) in [6.45, 7) is 5.32. The number of carbonyl (C=O) groups excluding carboxylic acids is 2. The van der Waals surface area contributed by atoms with Gasteiger partial charge in [0.15, 0.2) is 6.61 Å². The number of pyridine rings is 1. The molecule has 0 radical (unpaired) electrons. The van der Waals surface area contributed by atoms with Gasteiger partial charge in [0.2, 0.25) is 0 Å². The van der Waals surface area contributed by atoms with Gasteiger partial charge < -0.3 is 14.5 Å². The second kappa shape index (κ2) is 8.38. The third kappa shape index (κ3) is 4.68. The van der Waals surface area contributed by atoms with Crippen molar-refractivity contribution in [3.05, 3.63) is 65.2 Å². The molecule has 1 aromatic carbocycles. The zero-order valence-electron chi connectivity index (χ0n) is 18.0. The van der Waals surface area contributed by atoms with Crippen molar-refractivity contribution in [2.45, 2.75) is 45.6 Å². The molecule has 0 fully saturated rings. The van der Waals surface area contributed by atoms with E-state index in [1.165, 1.54) is 0 Å². The van der Waals surface area contributed by atoms with Gasteiger partial charge in [-0.2, -0.15) is 0 Å². The van der Waals surface area contributed by atoms with Gasteiger partial charge in [0.1, 0.15) is 5.76 Å². The van der Waals surface area contributed by atoms with E-state index in [0.29, 0.717) is 5.56 Å². The lowest BCUT2D eigenvalue weighted by Crippen LogP contribution is -2.42. The molecule has 0 saturated heterocycles. The number of rotatable bonds is 4. The summed E-state index contributed by atoms with van der Waals surface area (Å²) in [5.74, 6) is -0.0783. The van der Waals surface area contributed by atoms with Gasteiger partial charge in [-0.3, -0.25) is 4.79 Å². The molecule has 0 spiro atoms. The van der Waals surface area contributed by atoms with E-state index < -0.39 is 11.5 Å². The Bertz CT molecular complexity index is 1150. The van der Waals surface area contributed by atoms with Crippen molar-refractivity contribution in [1.82, 2.24) is 10.3 Å². The molecule has 2 heterocycles. The minimum absolute atomic E-state index is 0.323. The standard InChI is InChI=1S/C25H26N2O4/c1-25(2,3)27-21(28)15-31-24(29)22-18-10-4-5-12-20(18)26-23-16(8-6-11-19(22)23)14-17-9-7-13-30-17/h4-5,7,9-10,12-14H,6,8,11,15H2,1-3H3,(H,27,28). The molecule has 0 aliphatic heterocycles. The lowest BCUT2D eigenvalue weighted by Gasteiger charge is -2.23. The third-order valence-corrected chi connectivity index (χ3v) is 5.08. The molecule has 1 aliphatic rings. The number of fused-ring (bicyclic) bond motifs is 2. The molecule has 0 bridgehead atoms. The second-order valence-electron chi connectivity index (χ2n) is 8.74. The van der Waals surface area contributed by atoms with E-state index in [1.807, 2.05) is 63.2 Å². The lowest BCUT2D eigenvalue weighted by molar-refractivity contribution is -0.125. The van der Waals surface area contributed by atoms with E-state index in [4.69, 9.17) is 14.1 Å². The number of para-hydroxylation sites is 1. The van der Waals surface area contributed by atoms with Gasteiger partial charge in [-0.05, 0) is 75.4 Å². The van der Waals surface area contributed by atoms with Crippen LogP contribution in [-0.4, -0.2) is 29.0 Å². The first kappa shape index (κ1) is 20.8. The van der Waals surface area contributed by atoms with Crippen molar-refractivity contribution >= 4 is 34.4 Å². The molecule has 6 nitrogen and oxygen atoms in total. The number of hydrogen-bond acceptors (Lipinski definition) is 5. The highest BCUT2D eigenvalue weighted by Gasteiger charge is 2.26. The summed E-state index contributed by atoms with van der Waals surface area (Å²) in [5.41, 5.74) is 3.52. The van der Waals surface area contributed by atoms with E-state index in [0.717, 1.165) is 52.8 Å². The Labute approximate surface area is 181 Å². The van der Waals surface area contributed by atoms with Gasteiger partial charge in [-0.25, -0.2) is 9.78 Å². The highest BCUT2D eigenvalue weighted by molar-refractivity contribution is 6.07. The molecule has 2 aromatic heterocycles. The highest BCUT2D eigenvalue weighted by Crippen LogP contribution is 2.36. The van der Waals surface area contributed by atoms with Crippen molar-refractivity contribution in [1.29, 1.82) is 0 Å². The number of benzene rings is 1. The van der Waals surface area contributed by atoms with Crippen LogP contribution >= 0.6 is 0 Å². The fourth-order valence-corrected chi connectivity index (χ4v) is 3.91. The van der Waals surface area contributed by atoms with E-state index >= 15 is 0 Å². The smallest absolute Gasteiger partial charge is 0.339 e. The Kier molecular flexibility index (Phi) is 5.63. The van der Waals surface area contributed by atoms with Crippen molar-refractivity contribution in [3.63, 3.8) is 0 Å². The zero-order chi connectivity index (χ0) is 22.0. The summed E-state index contributed by atoms with van der Waals surface area (Å²) in [5, 5.41) is 3.55. The summed E-state index contributed by atoms with van der Waals surface area (Å²) < 4.78 is 10.9. The van der Waals surface area contributed by atoms with Crippen LogP contribution in [0, 0.1) is 0 Å². The number of aromatic nitrogens is 1. The van der Waals surface area contributed by atoms with E-state index in [2.05, 4.69) is 5.32 Å². The molecule has 160 valence electrons. The molecule has 0 saturated carbocycles. The van der Waals surface area contributed by atoms with Gasteiger partial charge in [-0.15, -0.1) is 0 Å². The van der Waals surface area contributed by atoms with Gasteiger partial charge in [0.05, 0.1) is 23.0 Å². The van der Waals surface area contributed by atoms with E-state index in [1.54, 1.807) is 6.26 Å². The van der Waals surface area contributed by atoms with Crippen LogP contribution in [0.5, 0.6) is 0 Å². The average Bonchev–Trinajstić information content (AvgIpc) is 3.22. The number of furan rings is 1. The number of allylic oxidation sites excluding steroid dienone is 1.